The number of fused-ring (bicyclic) bond motifs is 1. The number of unbranched alkanes of at least 4 members (excludes halogenated alkanes) is 5. The van der Waals surface area contributed by atoms with Gasteiger partial charge in [-0.25, -0.2) is 0 Å². The van der Waals surface area contributed by atoms with Gasteiger partial charge in [-0.05, 0) is 67.4 Å². The minimum Gasteiger partial charge on any atom is -0.494 e. The Kier molecular flexibility index (Phi) is 10.7. The van der Waals surface area contributed by atoms with Crippen LogP contribution in [0, 0.1) is 0 Å². The molecule has 0 unspecified atom stereocenters. The third-order valence-corrected chi connectivity index (χ3v) is 5.11. The lowest BCUT2D eigenvalue weighted by atomic mass is 10.0. The monoisotopic (exact) mass is 374 g/mol. The van der Waals surface area contributed by atoms with Gasteiger partial charge in [-0.3, -0.25) is 4.90 Å². The highest BCUT2D eigenvalue weighted by molar-refractivity contribution is 5.36. The first-order valence-electron chi connectivity index (χ1n) is 10.4. The number of rotatable bonds is 13. The molecule has 27 heavy (non-hydrogen) atoms. The van der Waals surface area contributed by atoms with Gasteiger partial charge in [-0.15, -0.1) is 0 Å². The van der Waals surface area contributed by atoms with Crippen molar-refractivity contribution in [2.45, 2.75) is 64.3 Å². The summed E-state index contributed by atoms with van der Waals surface area (Å²) in [7, 11) is 0. The predicted molar refractivity (Wildman–Crippen MR) is 109 cm³/mol. The van der Waals surface area contributed by atoms with Crippen molar-refractivity contribution in [3.05, 3.63) is 39.8 Å². The Hall–Kier alpha value is -1.75. The predicted octanol–water partition coefficient (Wildman–Crippen LogP) is 4.85. The maximum Gasteiger partial charge on any atom is 0.119 e. The van der Waals surface area contributed by atoms with Crippen LogP contribution in [0.1, 0.15) is 62.5 Å². The van der Waals surface area contributed by atoms with Gasteiger partial charge in [0.05, 0.1) is 6.61 Å². The summed E-state index contributed by atoms with van der Waals surface area (Å²) in [5, 5.41) is 12.6. The molecule has 1 aliphatic rings. The molecule has 0 radical (unpaired) electrons. The molecular formula is C21H34N4O2. The zero-order chi connectivity index (χ0) is 19.2. The Bertz CT molecular complexity index is 586. The van der Waals surface area contributed by atoms with Crippen molar-refractivity contribution in [3.8, 4) is 5.75 Å². The number of nitrogens with zero attached hydrogens (tertiary/aromatic N) is 4. The van der Waals surface area contributed by atoms with Gasteiger partial charge in [0.2, 0.25) is 0 Å². The van der Waals surface area contributed by atoms with Crippen molar-refractivity contribution in [1.82, 2.24) is 4.90 Å². The van der Waals surface area contributed by atoms with E-state index in [1.54, 1.807) is 0 Å². The van der Waals surface area contributed by atoms with E-state index in [-0.39, 0.29) is 6.61 Å². The van der Waals surface area contributed by atoms with E-state index in [1.807, 2.05) is 0 Å². The van der Waals surface area contributed by atoms with Crippen molar-refractivity contribution < 1.29 is 9.84 Å². The fourth-order valence-corrected chi connectivity index (χ4v) is 3.61. The summed E-state index contributed by atoms with van der Waals surface area (Å²) < 4.78 is 5.98. The summed E-state index contributed by atoms with van der Waals surface area (Å²) in [5.41, 5.74) is 11.0. The zero-order valence-electron chi connectivity index (χ0n) is 16.5. The van der Waals surface area contributed by atoms with E-state index in [9.17, 15) is 0 Å². The molecule has 0 aromatic heterocycles. The fraction of sp³-hybridized carbons (Fsp3) is 0.714. The molecular weight excluding hydrogens is 340 g/mol. The molecule has 0 amide bonds. The normalized spacial score (nSPS) is 14.3. The second-order valence-electron chi connectivity index (χ2n) is 7.31. The zero-order valence-corrected chi connectivity index (χ0v) is 16.5. The highest BCUT2D eigenvalue weighted by Gasteiger charge is 2.14. The minimum atomic E-state index is 0.264. The summed E-state index contributed by atoms with van der Waals surface area (Å²) in [6.07, 6.45) is 9.95. The van der Waals surface area contributed by atoms with Crippen LogP contribution in [-0.2, 0) is 13.0 Å². The highest BCUT2D eigenvalue weighted by Crippen LogP contribution is 2.24. The SMILES string of the molecule is [N-]=[N+]=NCCCCCCCCOc1ccc2c(c1)CN(CCCO)CCC2. The molecule has 0 spiro atoms. The lowest BCUT2D eigenvalue weighted by Crippen LogP contribution is -2.25. The van der Waals surface area contributed by atoms with Crippen LogP contribution in [0.25, 0.3) is 10.4 Å². The summed E-state index contributed by atoms with van der Waals surface area (Å²) in [5.74, 6) is 0.979. The molecule has 0 saturated heterocycles. The molecule has 0 fully saturated rings. The van der Waals surface area contributed by atoms with Crippen molar-refractivity contribution in [1.29, 1.82) is 0 Å². The molecule has 1 aliphatic heterocycles. The first-order valence-corrected chi connectivity index (χ1v) is 10.4. The standard InChI is InChI=1S/C21H34N4O2/c22-24-23-12-5-3-1-2-4-6-16-27-21-11-10-19-9-7-13-25(14-8-15-26)18-20(19)17-21/h10-11,17,26H,1-9,12-16,18H2. The van der Waals surface area contributed by atoms with Gasteiger partial charge in [0.25, 0.3) is 0 Å². The van der Waals surface area contributed by atoms with Crippen molar-refractivity contribution >= 4 is 0 Å². The van der Waals surface area contributed by atoms with E-state index < -0.39 is 0 Å². The number of hydrogen-bond donors (Lipinski definition) is 1. The first kappa shape index (κ1) is 21.5. The quantitative estimate of drug-likeness (QED) is 0.232. The van der Waals surface area contributed by atoms with Crippen LogP contribution in [0.2, 0.25) is 0 Å². The minimum absolute atomic E-state index is 0.264. The average Bonchev–Trinajstić information content (AvgIpc) is 2.89. The van der Waals surface area contributed by atoms with Crippen LogP contribution in [0.5, 0.6) is 5.75 Å². The number of aliphatic hydroxyl groups is 1. The van der Waals surface area contributed by atoms with Crippen molar-refractivity contribution in [2.75, 3.05) is 32.8 Å². The van der Waals surface area contributed by atoms with Gasteiger partial charge in [0.1, 0.15) is 5.75 Å². The molecule has 1 N–H and O–H groups in total. The van der Waals surface area contributed by atoms with Gasteiger partial charge < -0.3 is 9.84 Å². The number of benzene rings is 1. The molecule has 2 rings (SSSR count). The molecule has 0 atom stereocenters. The summed E-state index contributed by atoms with van der Waals surface area (Å²) in [6, 6.07) is 6.55. The van der Waals surface area contributed by atoms with Crippen molar-refractivity contribution in [3.63, 3.8) is 0 Å². The smallest absolute Gasteiger partial charge is 0.119 e. The summed E-state index contributed by atoms with van der Waals surface area (Å²) in [6.45, 7) is 4.68. The maximum absolute atomic E-state index is 9.07. The second kappa shape index (κ2) is 13.4. The Morgan fingerprint density at radius 3 is 2.70 bits per heavy atom. The fourth-order valence-electron chi connectivity index (χ4n) is 3.61. The summed E-state index contributed by atoms with van der Waals surface area (Å²) in [4.78, 5) is 5.21. The van der Waals surface area contributed by atoms with E-state index in [0.29, 0.717) is 6.54 Å². The maximum atomic E-state index is 9.07. The van der Waals surface area contributed by atoms with E-state index in [2.05, 4.69) is 33.1 Å². The number of ether oxygens (including phenoxy) is 1. The topological polar surface area (TPSA) is 81.5 Å². The van der Waals surface area contributed by atoms with Crippen LogP contribution < -0.4 is 4.74 Å². The van der Waals surface area contributed by atoms with Gasteiger partial charge in [-0.2, -0.15) is 0 Å². The van der Waals surface area contributed by atoms with Crippen LogP contribution in [0.15, 0.2) is 23.3 Å². The van der Waals surface area contributed by atoms with E-state index >= 15 is 0 Å². The number of aliphatic hydroxyl groups excluding tert-OH is 1. The molecule has 150 valence electrons. The summed E-state index contributed by atoms with van der Waals surface area (Å²) >= 11 is 0. The number of azide groups is 1. The largest absolute Gasteiger partial charge is 0.494 e. The number of aryl methyl sites for hydroxylation is 1. The van der Waals surface area contributed by atoms with Crippen LogP contribution >= 0.6 is 0 Å². The van der Waals surface area contributed by atoms with Gasteiger partial charge in [-0.1, -0.05) is 36.9 Å². The Balaban J connectivity index is 1.66. The average molecular weight is 375 g/mol. The lowest BCUT2D eigenvalue weighted by Gasteiger charge is -2.20. The third kappa shape index (κ3) is 8.65. The van der Waals surface area contributed by atoms with E-state index in [1.165, 1.54) is 36.8 Å². The molecule has 6 heteroatoms. The van der Waals surface area contributed by atoms with Gasteiger partial charge in [0.15, 0.2) is 0 Å². The molecule has 1 aromatic carbocycles. The molecule has 0 saturated carbocycles. The first-order chi connectivity index (χ1) is 13.3. The Morgan fingerprint density at radius 1 is 1.07 bits per heavy atom. The van der Waals surface area contributed by atoms with Crippen LogP contribution in [0.3, 0.4) is 0 Å². The van der Waals surface area contributed by atoms with E-state index in [4.69, 9.17) is 15.4 Å². The lowest BCUT2D eigenvalue weighted by molar-refractivity contribution is 0.220. The van der Waals surface area contributed by atoms with Crippen molar-refractivity contribution in [2.24, 2.45) is 5.11 Å². The number of hydrogen-bond acceptors (Lipinski definition) is 4. The molecule has 1 aromatic rings. The molecule has 6 nitrogen and oxygen atoms in total. The van der Waals surface area contributed by atoms with Crippen LogP contribution in [-0.4, -0.2) is 42.9 Å². The van der Waals surface area contributed by atoms with Gasteiger partial charge in [0, 0.05) is 31.2 Å². The molecule has 1 heterocycles. The Morgan fingerprint density at radius 2 is 1.89 bits per heavy atom. The molecule has 0 bridgehead atoms. The highest BCUT2D eigenvalue weighted by atomic mass is 16.5. The van der Waals surface area contributed by atoms with E-state index in [0.717, 1.165) is 64.1 Å². The second-order valence-corrected chi connectivity index (χ2v) is 7.31. The Labute approximate surface area is 163 Å². The molecule has 0 aliphatic carbocycles. The third-order valence-electron chi connectivity index (χ3n) is 5.11. The van der Waals surface area contributed by atoms with Crippen LogP contribution in [0.4, 0.5) is 0 Å². The van der Waals surface area contributed by atoms with Gasteiger partial charge >= 0.3 is 0 Å².